The van der Waals surface area contributed by atoms with Crippen LogP contribution in [0.25, 0.3) is 0 Å². The van der Waals surface area contributed by atoms with E-state index in [9.17, 15) is 9.59 Å². The van der Waals surface area contributed by atoms with Crippen LogP contribution in [-0.4, -0.2) is 23.5 Å². The zero-order valence-electron chi connectivity index (χ0n) is 14.0. The van der Waals surface area contributed by atoms with Gasteiger partial charge in [-0.3, -0.25) is 9.59 Å². The Morgan fingerprint density at radius 3 is 2.58 bits per heavy atom. The highest BCUT2D eigenvalue weighted by Gasteiger charge is 2.40. The molecule has 1 aromatic rings. The number of benzene rings is 1. The summed E-state index contributed by atoms with van der Waals surface area (Å²) in [5, 5.41) is 12.4. The first kappa shape index (κ1) is 18.8. The molecule has 5 heteroatoms. The van der Waals surface area contributed by atoms with E-state index in [-0.39, 0.29) is 17.7 Å². The second kappa shape index (κ2) is 9.07. The molecule has 2 rings (SSSR count). The largest absolute Gasteiger partial charge is 0.481 e. The van der Waals surface area contributed by atoms with E-state index in [1.165, 1.54) is 0 Å². The predicted molar refractivity (Wildman–Crippen MR) is 95.2 cm³/mol. The Balaban J connectivity index is 1.85. The Hall–Kier alpha value is -1.55. The molecule has 0 spiro atoms. The van der Waals surface area contributed by atoms with Crippen molar-refractivity contribution in [3.05, 3.63) is 34.9 Å². The van der Waals surface area contributed by atoms with Crippen LogP contribution in [0.5, 0.6) is 0 Å². The molecule has 0 aromatic heterocycles. The van der Waals surface area contributed by atoms with E-state index in [2.05, 4.69) is 5.32 Å². The minimum atomic E-state index is -0.759. The van der Waals surface area contributed by atoms with E-state index in [1.54, 1.807) is 0 Å². The summed E-state index contributed by atoms with van der Waals surface area (Å²) in [5.74, 6) is -0.622. The summed E-state index contributed by atoms with van der Waals surface area (Å²) in [6.07, 6.45) is 7.28. The van der Waals surface area contributed by atoms with Gasteiger partial charge in [0.05, 0.1) is 5.41 Å². The number of hydrogen-bond donors (Lipinski definition) is 2. The zero-order valence-corrected chi connectivity index (χ0v) is 14.8. The fourth-order valence-corrected chi connectivity index (χ4v) is 3.75. The molecule has 0 saturated heterocycles. The smallest absolute Gasteiger partial charge is 0.303 e. The van der Waals surface area contributed by atoms with E-state index in [0.29, 0.717) is 18.0 Å². The molecule has 1 aromatic carbocycles. The molecule has 24 heavy (non-hydrogen) atoms. The first-order valence-electron chi connectivity index (χ1n) is 8.76. The van der Waals surface area contributed by atoms with Gasteiger partial charge in [0.2, 0.25) is 5.91 Å². The van der Waals surface area contributed by atoms with Gasteiger partial charge in [0.25, 0.3) is 0 Å². The summed E-state index contributed by atoms with van der Waals surface area (Å²) in [6, 6.07) is 7.76. The van der Waals surface area contributed by atoms with Crippen LogP contribution in [-0.2, 0) is 16.0 Å². The van der Waals surface area contributed by atoms with Crippen LogP contribution >= 0.6 is 11.6 Å². The SMILES string of the molecule is O=C(O)CCCCCNC(=O)C1(Cc2cccc(Cl)c2)CCCC1. The highest BCUT2D eigenvalue weighted by Crippen LogP contribution is 2.41. The minimum absolute atomic E-state index is 0.137. The average Bonchev–Trinajstić information content (AvgIpc) is 3.00. The predicted octanol–water partition coefficient (Wildman–Crippen LogP) is 4.20. The summed E-state index contributed by atoms with van der Waals surface area (Å²) >= 11 is 6.07. The summed E-state index contributed by atoms with van der Waals surface area (Å²) in [5.41, 5.74) is 0.798. The van der Waals surface area contributed by atoms with Gasteiger partial charge in [0.1, 0.15) is 0 Å². The third-order valence-electron chi connectivity index (χ3n) is 4.83. The Kier molecular flexibility index (Phi) is 7.10. The fraction of sp³-hybridized carbons (Fsp3) is 0.579. The number of nitrogens with one attached hydrogen (secondary N) is 1. The van der Waals surface area contributed by atoms with Gasteiger partial charge in [-0.2, -0.15) is 0 Å². The number of carboxylic acid groups (broad SMARTS) is 1. The molecule has 0 unspecified atom stereocenters. The molecule has 0 radical (unpaired) electrons. The molecule has 132 valence electrons. The van der Waals surface area contributed by atoms with Crippen LogP contribution in [0.3, 0.4) is 0 Å². The fourth-order valence-electron chi connectivity index (χ4n) is 3.54. The van der Waals surface area contributed by atoms with Crippen LogP contribution in [0.15, 0.2) is 24.3 Å². The lowest BCUT2D eigenvalue weighted by Gasteiger charge is -2.28. The average molecular weight is 352 g/mol. The van der Waals surface area contributed by atoms with E-state index < -0.39 is 5.97 Å². The first-order valence-corrected chi connectivity index (χ1v) is 9.14. The number of hydrogen-bond acceptors (Lipinski definition) is 2. The van der Waals surface area contributed by atoms with E-state index in [4.69, 9.17) is 16.7 Å². The summed E-state index contributed by atoms with van der Waals surface area (Å²) in [6.45, 7) is 0.621. The van der Waals surface area contributed by atoms with Crippen molar-refractivity contribution in [1.82, 2.24) is 5.32 Å². The van der Waals surface area contributed by atoms with Crippen molar-refractivity contribution in [2.45, 2.75) is 57.8 Å². The summed E-state index contributed by atoms with van der Waals surface area (Å²) in [7, 11) is 0. The molecular weight excluding hydrogens is 326 g/mol. The molecule has 2 N–H and O–H groups in total. The molecule has 4 nitrogen and oxygen atoms in total. The topological polar surface area (TPSA) is 66.4 Å². The third-order valence-corrected chi connectivity index (χ3v) is 5.06. The van der Waals surface area contributed by atoms with Gasteiger partial charge in [0.15, 0.2) is 0 Å². The van der Waals surface area contributed by atoms with Gasteiger partial charge < -0.3 is 10.4 Å². The van der Waals surface area contributed by atoms with Gasteiger partial charge in [-0.15, -0.1) is 0 Å². The van der Waals surface area contributed by atoms with Crippen molar-refractivity contribution >= 4 is 23.5 Å². The van der Waals surface area contributed by atoms with Crippen molar-refractivity contribution in [3.8, 4) is 0 Å². The molecule has 1 amide bonds. The lowest BCUT2D eigenvalue weighted by molar-refractivity contribution is -0.137. The van der Waals surface area contributed by atoms with E-state index in [0.717, 1.165) is 50.5 Å². The molecule has 1 aliphatic carbocycles. The number of rotatable bonds is 9. The summed E-state index contributed by atoms with van der Waals surface area (Å²) in [4.78, 5) is 23.2. The molecular formula is C19H26ClNO3. The van der Waals surface area contributed by atoms with E-state index >= 15 is 0 Å². The Bertz CT molecular complexity index is 567. The number of carbonyl (C=O) groups is 2. The maximum absolute atomic E-state index is 12.8. The molecule has 0 heterocycles. The molecule has 0 atom stereocenters. The Morgan fingerprint density at radius 1 is 1.17 bits per heavy atom. The second-order valence-electron chi connectivity index (χ2n) is 6.75. The van der Waals surface area contributed by atoms with Crippen LogP contribution in [0.2, 0.25) is 5.02 Å². The van der Waals surface area contributed by atoms with Gasteiger partial charge in [0, 0.05) is 18.0 Å². The molecule has 1 saturated carbocycles. The minimum Gasteiger partial charge on any atom is -0.481 e. The van der Waals surface area contributed by atoms with E-state index in [1.807, 2.05) is 24.3 Å². The van der Waals surface area contributed by atoms with Crippen molar-refractivity contribution in [3.63, 3.8) is 0 Å². The summed E-state index contributed by atoms with van der Waals surface area (Å²) < 4.78 is 0. The monoisotopic (exact) mass is 351 g/mol. The number of carboxylic acids is 1. The van der Waals surface area contributed by atoms with Gasteiger partial charge in [-0.25, -0.2) is 0 Å². The van der Waals surface area contributed by atoms with Crippen molar-refractivity contribution in [2.75, 3.05) is 6.54 Å². The Morgan fingerprint density at radius 2 is 1.92 bits per heavy atom. The number of unbranched alkanes of at least 4 members (excludes halogenated alkanes) is 2. The number of aliphatic carboxylic acids is 1. The second-order valence-corrected chi connectivity index (χ2v) is 7.19. The van der Waals surface area contributed by atoms with Crippen molar-refractivity contribution < 1.29 is 14.7 Å². The van der Waals surface area contributed by atoms with Gasteiger partial charge >= 0.3 is 5.97 Å². The Labute approximate surface area is 148 Å². The molecule has 0 aliphatic heterocycles. The third kappa shape index (κ3) is 5.52. The van der Waals surface area contributed by atoms with Crippen molar-refractivity contribution in [2.24, 2.45) is 5.41 Å². The lowest BCUT2D eigenvalue weighted by Crippen LogP contribution is -2.41. The van der Waals surface area contributed by atoms with Crippen LogP contribution in [0.4, 0.5) is 0 Å². The zero-order chi connectivity index (χ0) is 17.4. The van der Waals surface area contributed by atoms with Gasteiger partial charge in [-0.05, 0) is 49.8 Å². The molecule has 0 bridgehead atoms. The number of carbonyl (C=O) groups excluding carboxylic acids is 1. The van der Waals surface area contributed by atoms with Crippen LogP contribution < -0.4 is 5.32 Å². The van der Waals surface area contributed by atoms with Crippen LogP contribution in [0.1, 0.15) is 56.9 Å². The standard InChI is InChI=1S/C19H26ClNO3/c20-16-8-6-7-15(13-16)14-19(10-3-4-11-19)18(24)21-12-5-1-2-9-17(22)23/h6-8,13H,1-5,9-12,14H2,(H,21,24)(H,22,23). The lowest BCUT2D eigenvalue weighted by atomic mass is 9.79. The molecule has 1 aliphatic rings. The quantitative estimate of drug-likeness (QED) is 0.655. The normalized spacial score (nSPS) is 16.0. The molecule has 1 fully saturated rings. The van der Waals surface area contributed by atoms with Crippen LogP contribution in [0, 0.1) is 5.41 Å². The van der Waals surface area contributed by atoms with Crippen molar-refractivity contribution in [1.29, 1.82) is 0 Å². The first-order chi connectivity index (χ1) is 11.5. The maximum Gasteiger partial charge on any atom is 0.303 e. The number of halogens is 1. The van der Waals surface area contributed by atoms with Gasteiger partial charge in [-0.1, -0.05) is 43.0 Å². The highest BCUT2D eigenvalue weighted by molar-refractivity contribution is 6.30. The number of amides is 1. The highest BCUT2D eigenvalue weighted by atomic mass is 35.5. The maximum atomic E-state index is 12.8.